The molecule has 13 heteroatoms. The summed E-state index contributed by atoms with van der Waals surface area (Å²) in [6.45, 7) is 0. The normalized spacial score (nSPS) is 11.9. The first-order chi connectivity index (χ1) is 19.4. The number of carbonyl (C=O) groups excluding carboxylic acids is 2. The van der Waals surface area contributed by atoms with E-state index in [0.717, 1.165) is 48.5 Å². The third kappa shape index (κ3) is 5.88. The summed E-state index contributed by atoms with van der Waals surface area (Å²) in [6.07, 6.45) is -4.51. The molecular formula is C28H17F6N5O2. The second-order valence-electron chi connectivity index (χ2n) is 8.75. The minimum Gasteiger partial charge on any atom is -0.322 e. The van der Waals surface area contributed by atoms with Crippen LogP contribution in [0, 0.1) is 0 Å². The summed E-state index contributed by atoms with van der Waals surface area (Å²) in [7, 11) is 0. The predicted octanol–water partition coefficient (Wildman–Crippen LogP) is 6.94. The lowest BCUT2D eigenvalue weighted by atomic mass is 10.1. The number of nitrogens with zero attached hydrogens (tertiary/aromatic N) is 3. The van der Waals surface area contributed by atoms with E-state index in [1.54, 1.807) is 34.9 Å². The monoisotopic (exact) mass is 569 g/mol. The molecule has 0 aliphatic heterocycles. The van der Waals surface area contributed by atoms with Gasteiger partial charge in [0.15, 0.2) is 11.5 Å². The molecule has 0 aliphatic rings. The van der Waals surface area contributed by atoms with Crippen LogP contribution in [0.25, 0.3) is 16.9 Å². The van der Waals surface area contributed by atoms with Gasteiger partial charge in [0, 0.05) is 34.8 Å². The molecule has 0 fully saturated rings. The van der Waals surface area contributed by atoms with Crippen molar-refractivity contribution in [1.82, 2.24) is 14.4 Å². The van der Waals surface area contributed by atoms with E-state index in [1.165, 1.54) is 12.4 Å². The Hall–Kier alpha value is -5.20. The molecule has 41 heavy (non-hydrogen) atoms. The van der Waals surface area contributed by atoms with Crippen LogP contribution in [-0.2, 0) is 12.4 Å². The molecule has 0 saturated carbocycles. The zero-order valence-corrected chi connectivity index (χ0v) is 20.6. The molecule has 0 unspecified atom stereocenters. The van der Waals surface area contributed by atoms with Gasteiger partial charge in [0.2, 0.25) is 0 Å². The van der Waals surface area contributed by atoms with Crippen LogP contribution in [0.3, 0.4) is 0 Å². The van der Waals surface area contributed by atoms with Gasteiger partial charge in [-0.2, -0.15) is 26.3 Å². The molecule has 7 nitrogen and oxygen atoms in total. The van der Waals surface area contributed by atoms with Crippen molar-refractivity contribution >= 4 is 29.0 Å². The second-order valence-corrected chi connectivity index (χ2v) is 8.75. The van der Waals surface area contributed by atoms with Gasteiger partial charge in [-0.25, -0.2) is 4.98 Å². The van der Waals surface area contributed by atoms with Gasteiger partial charge in [0.25, 0.3) is 11.8 Å². The quantitative estimate of drug-likeness (QED) is 0.225. The van der Waals surface area contributed by atoms with Crippen LogP contribution in [0.5, 0.6) is 0 Å². The Labute approximate surface area is 227 Å². The summed E-state index contributed by atoms with van der Waals surface area (Å²) >= 11 is 0. The zero-order chi connectivity index (χ0) is 29.4. The van der Waals surface area contributed by atoms with Crippen LogP contribution in [0.15, 0.2) is 91.4 Å². The third-order valence-electron chi connectivity index (χ3n) is 6.03. The summed E-state index contributed by atoms with van der Waals surface area (Å²) in [5, 5.41) is 5.23. The summed E-state index contributed by atoms with van der Waals surface area (Å²) in [5.74, 6) is -1.18. The lowest BCUT2D eigenvalue weighted by Gasteiger charge is -2.10. The van der Waals surface area contributed by atoms with Gasteiger partial charge in [-0.3, -0.25) is 19.0 Å². The third-order valence-corrected chi connectivity index (χ3v) is 6.03. The number of imidazole rings is 1. The van der Waals surface area contributed by atoms with E-state index in [-0.39, 0.29) is 16.9 Å². The van der Waals surface area contributed by atoms with E-state index in [1.807, 2.05) is 0 Å². The maximum absolute atomic E-state index is 12.9. The number of anilines is 2. The Morgan fingerprint density at radius 1 is 0.683 bits per heavy atom. The number of fused-ring (bicyclic) bond motifs is 1. The minimum atomic E-state index is -4.54. The number of hydrogen-bond acceptors (Lipinski definition) is 4. The molecule has 0 bridgehead atoms. The van der Waals surface area contributed by atoms with Crippen LogP contribution >= 0.6 is 0 Å². The Morgan fingerprint density at radius 2 is 1.20 bits per heavy atom. The molecule has 0 atom stereocenters. The Balaban J connectivity index is 1.38. The molecule has 5 aromatic rings. The molecule has 208 valence electrons. The number of benzene rings is 3. The Kier molecular flexibility index (Phi) is 6.95. The Bertz CT molecular complexity index is 1730. The van der Waals surface area contributed by atoms with Crippen LogP contribution in [0.4, 0.5) is 37.8 Å². The van der Waals surface area contributed by atoms with Gasteiger partial charge in [-0.15, -0.1) is 0 Å². The molecule has 2 amide bonds. The number of halogens is 6. The molecular weight excluding hydrogens is 552 g/mol. The average Bonchev–Trinajstić information content (AvgIpc) is 3.30. The highest BCUT2D eigenvalue weighted by Gasteiger charge is 2.31. The topological polar surface area (TPSA) is 88.4 Å². The van der Waals surface area contributed by atoms with Gasteiger partial charge in [-0.1, -0.05) is 12.1 Å². The van der Waals surface area contributed by atoms with Crippen LogP contribution in [-0.4, -0.2) is 26.2 Å². The summed E-state index contributed by atoms with van der Waals surface area (Å²) in [6, 6.07) is 13.9. The molecule has 0 aliphatic carbocycles. The van der Waals surface area contributed by atoms with E-state index in [0.29, 0.717) is 22.6 Å². The predicted molar refractivity (Wildman–Crippen MR) is 137 cm³/mol. The standard InChI is InChI=1S/C28H17F6N5O2/c29-27(30,31)19-7-1-17(2-8-19)25(40)36-21-11-5-16(6-12-21)23-24(37-22-15-35-13-14-39(22)23)38-26(41)18-3-9-20(10-4-18)28(32,33)34/h1-15H,(H,36,40)(H,38,41). The lowest BCUT2D eigenvalue weighted by molar-refractivity contribution is -0.138. The van der Waals surface area contributed by atoms with Gasteiger partial charge in [0.05, 0.1) is 23.0 Å². The number of hydrogen-bond donors (Lipinski definition) is 2. The number of aromatic nitrogens is 3. The fraction of sp³-hybridized carbons (Fsp3) is 0.0714. The largest absolute Gasteiger partial charge is 0.416 e. The first-order valence-electron chi connectivity index (χ1n) is 11.8. The zero-order valence-electron chi connectivity index (χ0n) is 20.6. The number of amides is 2. The molecule has 2 aromatic heterocycles. The van der Waals surface area contributed by atoms with Crippen molar-refractivity contribution in [3.63, 3.8) is 0 Å². The first kappa shape index (κ1) is 27.4. The SMILES string of the molecule is O=C(Nc1ccc(-c2c(NC(=O)c3ccc(C(F)(F)F)cc3)nc3cnccn23)cc1)c1ccc(C(F)(F)F)cc1. The van der Waals surface area contributed by atoms with Crippen LogP contribution in [0.1, 0.15) is 31.8 Å². The molecule has 0 spiro atoms. The highest BCUT2D eigenvalue weighted by molar-refractivity contribution is 6.06. The fourth-order valence-corrected chi connectivity index (χ4v) is 3.99. The molecule has 0 radical (unpaired) electrons. The van der Waals surface area contributed by atoms with E-state index < -0.39 is 35.3 Å². The van der Waals surface area contributed by atoms with E-state index in [4.69, 9.17) is 0 Å². The first-order valence-corrected chi connectivity index (χ1v) is 11.8. The summed E-state index contributed by atoms with van der Waals surface area (Å²) in [4.78, 5) is 33.8. The maximum Gasteiger partial charge on any atom is 0.416 e. The van der Waals surface area contributed by atoms with E-state index >= 15 is 0 Å². The Morgan fingerprint density at radius 3 is 1.71 bits per heavy atom. The highest BCUT2D eigenvalue weighted by Crippen LogP contribution is 2.32. The van der Waals surface area contributed by atoms with Gasteiger partial charge < -0.3 is 10.6 Å². The number of carbonyl (C=O) groups is 2. The van der Waals surface area contributed by atoms with Crippen molar-refractivity contribution in [3.8, 4) is 11.3 Å². The van der Waals surface area contributed by atoms with Gasteiger partial charge in [0.1, 0.15) is 0 Å². The van der Waals surface area contributed by atoms with E-state index in [2.05, 4.69) is 20.6 Å². The average molecular weight is 569 g/mol. The second kappa shape index (κ2) is 10.4. The molecule has 5 rings (SSSR count). The maximum atomic E-state index is 12.9. The fourth-order valence-electron chi connectivity index (χ4n) is 3.99. The van der Waals surface area contributed by atoms with Gasteiger partial charge in [-0.05, 0) is 60.7 Å². The minimum absolute atomic E-state index is 0.0135. The van der Waals surface area contributed by atoms with E-state index in [9.17, 15) is 35.9 Å². The molecule has 2 N–H and O–H groups in total. The van der Waals surface area contributed by atoms with Crippen molar-refractivity contribution in [2.45, 2.75) is 12.4 Å². The van der Waals surface area contributed by atoms with Crippen molar-refractivity contribution in [3.05, 3.63) is 114 Å². The number of rotatable bonds is 5. The van der Waals surface area contributed by atoms with Gasteiger partial charge >= 0.3 is 12.4 Å². The van der Waals surface area contributed by atoms with Crippen molar-refractivity contribution in [1.29, 1.82) is 0 Å². The van der Waals surface area contributed by atoms with Crippen molar-refractivity contribution in [2.24, 2.45) is 0 Å². The van der Waals surface area contributed by atoms with Crippen molar-refractivity contribution in [2.75, 3.05) is 10.6 Å². The highest BCUT2D eigenvalue weighted by atomic mass is 19.4. The molecule has 2 heterocycles. The number of alkyl halides is 6. The lowest BCUT2D eigenvalue weighted by Crippen LogP contribution is -2.14. The summed E-state index contributed by atoms with van der Waals surface area (Å²) < 4.78 is 78.7. The van der Waals surface area contributed by atoms with Crippen molar-refractivity contribution < 1.29 is 35.9 Å². The van der Waals surface area contributed by atoms with Crippen LogP contribution < -0.4 is 10.6 Å². The molecule has 3 aromatic carbocycles. The molecule has 0 saturated heterocycles. The van der Waals surface area contributed by atoms with Crippen LogP contribution in [0.2, 0.25) is 0 Å². The summed E-state index contributed by atoms with van der Waals surface area (Å²) in [5.41, 5.74) is -0.0245. The smallest absolute Gasteiger partial charge is 0.322 e. The number of nitrogens with one attached hydrogen (secondary N) is 2.